The van der Waals surface area contributed by atoms with Crippen LogP contribution in [0.4, 0.5) is 0 Å². The summed E-state index contributed by atoms with van der Waals surface area (Å²) in [6.07, 6.45) is 1.31. The summed E-state index contributed by atoms with van der Waals surface area (Å²) in [5.74, 6) is 1.35. The number of nitrogens with zero attached hydrogens (tertiary/aromatic N) is 2. The minimum absolute atomic E-state index is 0.0281. The Balaban J connectivity index is 1.71. The van der Waals surface area contributed by atoms with Crippen molar-refractivity contribution >= 4 is 5.91 Å². The molecule has 3 rings (SSSR count). The average molecular weight is 350 g/mol. The van der Waals surface area contributed by atoms with E-state index in [1.165, 1.54) is 0 Å². The normalized spacial score (nSPS) is 17.4. The molecule has 1 aliphatic rings. The van der Waals surface area contributed by atoms with E-state index >= 15 is 0 Å². The fourth-order valence-electron chi connectivity index (χ4n) is 3.32. The van der Waals surface area contributed by atoms with Gasteiger partial charge in [-0.05, 0) is 61.7 Å². The smallest absolute Gasteiger partial charge is 0.263 e. The molecule has 0 N–H and O–H groups in total. The Bertz CT molecular complexity index is 811. The van der Waals surface area contributed by atoms with E-state index in [0.717, 1.165) is 30.7 Å². The summed E-state index contributed by atoms with van der Waals surface area (Å²) in [4.78, 5) is 14.8. The largest absolute Gasteiger partial charge is 0.497 e. The number of amides is 1. The maximum atomic E-state index is 12.9. The molecular weight excluding hydrogens is 328 g/mol. The third kappa shape index (κ3) is 3.80. The summed E-state index contributed by atoms with van der Waals surface area (Å²) in [6, 6.07) is 16.8. The standard InChI is InChI=1S/C21H22N2O3/c1-15(26-18-10-8-16(14-22)9-11-18)21(24)23-12-4-7-20(23)17-5-3-6-19(13-17)25-2/h3,5-6,8-11,13,15,20H,4,7,12H2,1-2H3. The van der Waals surface area contributed by atoms with Gasteiger partial charge in [0.2, 0.25) is 0 Å². The van der Waals surface area contributed by atoms with Crippen LogP contribution in [0.1, 0.15) is 36.9 Å². The highest BCUT2D eigenvalue weighted by Crippen LogP contribution is 2.34. The molecule has 0 bridgehead atoms. The van der Waals surface area contributed by atoms with Crippen molar-refractivity contribution in [3.63, 3.8) is 0 Å². The van der Waals surface area contributed by atoms with Crippen molar-refractivity contribution < 1.29 is 14.3 Å². The predicted octanol–water partition coefficient (Wildman–Crippen LogP) is 3.70. The Morgan fingerprint density at radius 3 is 2.69 bits per heavy atom. The van der Waals surface area contributed by atoms with E-state index in [9.17, 15) is 4.79 Å². The minimum atomic E-state index is -0.589. The minimum Gasteiger partial charge on any atom is -0.497 e. The van der Waals surface area contributed by atoms with Gasteiger partial charge >= 0.3 is 0 Å². The molecule has 2 aromatic rings. The maximum absolute atomic E-state index is 12.9. The Morgan fingerprint density at radius 2 is 2.00 bits per heavy atom. The van der Waals surface area contributed by atoms with Crippen molar-refractivity contribution in [1.29, 1.82) is 5.26 Å². The van der Waals surface area contributed by atoms with Crippen molar-refractivity contribution in [3.8, 4) is 17.6 Å². The lowest BCUT2D eigenvalue weighted by atomic mass is 10.0. The van der Waals surface area contributed by atoms with Gasteiger partial charge in [-0.15, -0.1) is 0 Å². The van der Waals surface area contributed by atoms with Crippen molar-refractivity contribution in [2.45, 2.75) is 31.9 Å². The molecule has 2 atom stereocenters. The van der Waals surface area contributed by atoms with Crippen LogP contribution in [-0.4, -0.2) is 30.6 Å². The number of methoxy groups -OCH3 is 1. The summed E-state index contributed by atoms with van der Waals surface area (Å²) < 4.78 is 11.1. The zero-order valence-corrected chi connectivity index (χ0v) is 15.0. The van der Waals surface area contributed by atoms with E-state index in [4.69, 9.17) is 14.7 Å². The second-order valence-corrected chi connectivity index (χ2v) is 6.36. The van der Waals surface area contributed by atoms with Gasteiger partial charge in [-0.25, -0.2) is 0 Å². The first kappa shape index (κ1) is 17.8. The van der Waals surface area contributed by atoms with Crippen LogP contribution in [0.25, 0.3) is 0 Å². The molecule has 26 heavy (non-hydrogen) atoms. The second kappa shape index (κ2) is 7.92. The highest BCUT2D eigenvalue weighted by atomic mass is 16.5. The van der Waals surface area contributed by atoms with Gasteiger partial charge in [-0.3, -0.25) is 4.79 Å². The van der Waals surface area contributed by atoms with Gasteiger partial charge < -0.3 is 14.4 Å². The number of hydrogen-bond donors (Lipinski definition) is 0. The molecule has 0 aliphatic carbocycles. The molecule has 0 aromatic heterocycles. The van der Waals surface area contributed by atoms with Crippen molar-refractivity contribution in [2.75, 3.05) is 13.7 Å². The summed E-state index contributed by atoms with van der Waals surface area (Å²) >= 11 is 0. The van der Waals surface area contributed by atoms with Gasteiger partial charge in [-0.2, -0.15) is 5.26 Å². The van der Waals surface area contributed by atoms with Crippen LogP contribution in [-0.2, 0) is 4.79 Å². The van der Waals surface area contributed by atoms with Gasteiger partial charge in [0, 0.05) is 6.54 Å². The Kier molecular flexibility index (Phi) is 5.43. The first-order chi connectivity index (χ1) is 12.6. The van der Waals surface area contributed by atoms with E-state index in [1.807, 2.05) is 29.2 Å². The van der Waals surface area contributed by atoms with Crippen molar-refractivity contribution in [3.05, 3.63) is 59.7 Å². The van der Waals surface area contributed by atoms with E-state index in [-0.39, 0.29) is 11.9 Å². The molecular formula is C21H22N2O3. The third-order valence-electron chi connectivity index (χ3n) is 4.66. The highest BCUT2D eigenvalue weighted by Gasteiger charge is 2.33. The van der Waals surface area contributed by atoms with Crippen LogP contribution in [0.2, 0.25) is 0 Å². The highest BCUT2D eigenvalue weighted by molar-refractivity contribution is 5.81. The Labute approximate surface area is 153 Å². The van der Waals surface area contributed by atoms with E-state index in [2.05, 4.69) is 6.07 Å². The molecule has 1 heterocycles. The maximum Gasteiger partial charge on any atom is 0.263 e. The fourth-order valence-corrected chi connectivity index (χ4v) is 3.32. The molecule has 2 unspecified atom stereocenters. The first-order valence-electron chi connectivity index (χ1n) is 8.73. The molecule has 5 nitrogen and oxygen atoms in total. The third-order valence-corrected chi connectivity index (χ3v) is 4.66. The average Bonchev–Trinajstić information content (AvgIpc) is 3.17. The molecule has 1 amide bonds. The SMILES string of the molecule is COc1cccc(C2CCCN2C(=O)C(C)Oc2ccc(C#N)cc2)c1. The summed E-state index contributed by atoms with van der Waals surface area (Å²) in [6.45, 7) is 2.49. The van der Waals surface area contributed by atoms with E-state index in [0.29, 0.717) is 11.3 Å². The van der Waals surface area contributed by atoms with E-state index in [1.54, 1.807) is 38.3 Å². The van der Waals surface area contributed by atoms with Gasteiger partial charge in [-0.1, -0.05) is 12.1 Å². The fraction of sp³-hybridized carbons (Fsp3) is 0.333. The Hall–Kier alpha value is -3.00. The lowest BCUT2D eigenvalue weighted by molar-refractivity contribution is -0.138. The predicted molar refractivity (Wildman–Crippen MR) is 97.9 cm³/mol. The zero-order valence-electron chi connectivity index (χ0n) is 15.0. The number of benzene rings is 2. The lowest BCUT2D eigenvalue weighted by Gasteiger charge is -2.28. The molecule has 2 aromatic carbocycles. The van der Waals surface area contributed by atoms with Gasteiger partial charge in [0.05, 0.1) is 24.8 Å². The molecule has 0 saturated carbocycles. The Morgan fingerprint density at radius 1 is 1.23 bits per heavy atom. The monoisotopic (exact) mass is 350 g/mol. The number of ether oxygens (including phenoxy) is 2. The quantitative estimate of drug-likeness (QED) is 0.825. The van der Waals surface area contributed by atoms with Crippen molar-refractivity contribution in [2.24, 2.45) is 0 Å². The van der Waals surface area contributed by atoms with Crippen molar-refractivity contribution in [1.82, 2.24) is 4.90 Å². The zero-order chi connectivity index (χ0) is 18.5. The molecule has 1 saturated heterocycles. The van der Waals surface area contributed by atoms with Gasteiger partial charge in [0.1, 0.15) is 11.5 Å². The number of carbonyl (C=O) groups excluding carboxylic acids is 1. The second-order valence-electron chi connectivity index (χ2n) is 6.36. The van der Waals surface area contributed by atoms with Gasteiger partial charge in [0.15, 0.2) is 6.10 Å². The van der Waals surface area contributed by atoms with Crippen LogP contribution < -0.4 is 9.47 Å². The number of carbonyl (C=O) groups is 1. The van der Waals surface area contributed by atoms with Crippen LogP contribution >= 0.6 is 0 Å². The number of nitriles is 1. The molecule has 1 fully saturated rings. The van der Waals surface area contributed by atoms with Crippen LogP contribution in [0, 0.1) is 11.3 Å². The van der Waals surface area contributed by atoms with Crippen LogP contribution in [0.5, 0.6) is 11.5 Å². The number of rotatable bonds is 5. The molecule has 134 valence electrons. The summed E-state index contributed by atoms with van der Waals surface area (Å²) in [5, 5.41) is 8.86. The van der Waals surface area contributed by atoms with E-state index < -0.39 is 6.10 Å². The van der Waals surface area contributed by atoms with Crippen LogP contribution in [0.15, 0.2) is 48.5 Å². The molecule has 1 aliphatic heterocycles. The summed E-state index contributed by atoms with van der Waals surface area (Å²) in [7, 11) is 1.64. The molecule has 5 heteroatoms. The molecule has 0 radical (unpaired) electrons. The number of likely N-dealkylation sites (tertiary alicyclic amines) is 1. The summed E-state index contributed by atoms with van der Waals surface area (Å²) in [5.41, 5.74) is 1.65. The molecule has 0 spiro atoms. The van der Waals surface area contributed by atoms with Gasteiger partial charge in [0.25, 0.3) is 5.91 Å². The first-order valence-corrected chi connectivity index (χ1v) is 8.73. The number of hydrogen-bond acceptors (Lipinski definition) is 4. The topological polar surface area (TPSA) is 62.6 Å². The van der Waals surface area contributed by atoms with Crippen LogP contribution in [0.3, 0.4) is 0 Å². The lowest BCUT2D eigenvalue weighted by Crippen LogP contribution is -2.40.